The predicted octanol–water partition coefficient (Wildman–Crippen LogP) is 6.32. The number of nitrogens with zero attached hydrogens (tertiary/aromatic N) is 2. The molecule has 0 bridgehead atoms. The first-order valence-corrected chi connectivity index (χ1v) is 9.79. The van der Waals surface area contributed by atoms with E-state index >= 15 is 0 Å². The predicted molar refractivity (Wildman–Crippen MR) is 109 cm³/mol. The first-order chi connectivity index (χ1) is 12.5. The summed E-state index contributed by atoms with van der Waals surface area (Å²) in [5.74, 6) is 1.38. The van der Waals surface area contributed by atoms with Crippen LogP contribution in [0.15, 0.2) is 48.0 Å². The number of hydrogen-bond donors (Lipinski definition) is 1. The number of rotatable bonds is 6. The van der Waals surface area contributed by atoms with Crippen molar-refractivity contribution in [2.24, 2.45) is 0 Å². The Bertz CT molecular complexity index is 867. The number of hydrogen-bond acceptors (Lipinski definition) is 5. The molecule has 5 heteroatoms. The van der Waals surface area contributed by atoms with E-state index in [1.54, 1.807) is 17.5 Å². The number of aromatic nitrogens is 2. The Morgan fingerprint density at radius 1 is 1.12 bits per heavy atom. The Hall–Kier alpha value is -2.40. The normalized spacial score (nSPS) is 11.4. The number of benzene rings is 1. The van der Waals surface area contributed by atoms with E-state index in [1.165, 1.54) is 0 Å². The maximum atomic E-state index is 6.20. The van der Waals surface area contributed by atoms with Gasteiger partial charge in [0.2, 0.25) is 5.88 Å². The largest absolute Gasteiger partial charge is 0.437 e. The topological polar surface area (TPSA) is 47.0 Å². The standard InChI is InChI=1S/C21H25N3OS/c1-5-9-15-14-26-20(23-15)24-17-11-8-13-22-19(17)25-18-12-7-6-10-16(18)21(2,3)4/h6-8,10-14H,5,9H2,1-4H3,(H,23,24). The number of anilines is 2. The van der Waals surface area contributed by atoms with Gasteiger partial charge in [-0.25, -0.2) is 9.97 Å². The first kappa shape index (κ1) is 18.4. The highest BCUT2D eigenvalue weighted by molar-refractivity contribution is 7.13. The van der Waals surface area contributed by atoms with E-state index in [0.29, 0.717) is 5.88 Å². The van der Waals surface area contributed by atoms with Gasteiger partial charge in [0.1, 0.15) is 11.4 Å². The Balaban J connectivity index is 1.86. The average Bonchev–Trinajstić information content (AvgIpc) is 3.04. The van der Waals surface area contributed by atoms with Crippen molar-refractivity contribution >= 4 is 22.2 Å². The summed E-state index contributed by atoms with van der Waals surface area (Å²) in [6, 6.07) is 12.0. The molecule has 0 saturated carbocycles. The molecule has 0 atom stereocenters. The van der Waals surface area contributed by atoms with Crippen molar-refractivity contribution in [1.82, 2.24) is 9.97 Å². The van der Waals surface area contributed by atoms with Crippen LogP contribution < -0.4 is 10.1 Å². The van der Waals surface area contributed by atoms with Gasteiger partial charge in [0.15, 0.2) is 5.13 Å². The molecule has 0 fully saturated rings. The molecular formula is C21H25N3OS. The fourth-order valence-electron chi connectivity index (χ4n) is 2.70. The van der Waals surface area contributed by atoms with E-state index in [-0.39, 0.29) is 5.41 Å². The number of aryl methyl sites for hydroxylation is 1. The van der Waals surface area contributed by atoms with Gasteiger partial charge in [0.25, 0.3) is 0 Å². The zero-order valence-corrected chi connectivity index (χ0v) is 16.6. The summed E-state index contributed by atoms with van der Waals surface area (Å²) < 4.78 is 6.20. The third-order valence-corrected chi connectivity index (χ3v) is 4.78. The molecule has 0 radical (unpaired) electrons. The average molecular weight is 368 g/mol. The fraction of sp³-hybridized carbons (Fsp3) is 0.333. The van der Waals surface area contributed by atoms with Gasteiger partial charge in [-0.2, -0.15) is 0 Å². The van der Waals surface area contributed by atoms with Gasteiger partial charge in [-0.05, 0) is 30.0 Å². The van der Waals surface area contributed by atoms with Crippen LogP contribution in [-0.2, 0) is 11.8 Å². The van der Waals surface area contributed by atoms with E-state index in [1.807, 2.05) is 30.3 Å². The fourth-order valence-corrected chi connectivity index (χ4v) is 3.45. The Morgan fingerprint density at radius 3 is 2.69 bits per heavy atom. The molecule has 2 heterocycles. The second-order valence-corrected chi connectivity index (χ2v) is 8.08. The minimum atomic E-state index is -0.0106. The molecule has 0 saturated heterocycles. The van der Waals surface area contributed by atoms with Gasteiger partial charge in [-0.3, -0.25) is 0 Å². The molecule has 3 rings (SSSR count). The Labute approximate surface area is 159 Å². The molecule has 136 valence electrons. The minimum Gasteiger partial charge on any atom is -0.437 e. The quantitative estimate of drug-likeness (QED) is 0.553. The number of pyridine rings is 1. The van der Waals surface area contributed by atoms with Crippen LogP contribution in [-0.4, -0.2) is 9.97 Å². The lowest BCUT2D eigenvalue weighted by atomic mass is 9.86. The molecule has 0 spiro atoms. The number of ether oxygens (including phenoxy) is 1. The van der Waals surface area contributed by atoms with Crippen molar-refractivity contribution in [3.05, 3.63) is 59.2 Å². The molecule has 4 nitrogen and oxygen atoms in total. The summed E-state index contributed by atoms with van der Waals surface area (Å²) in [7, 11) is 0. The van der Waals surface area contributed by atoms with Crippen LogP contribution in [0.1, 0.15) is 45.4 Å². The van der Waals surface area contributed by atoms with Crippen LogP contribution in [0.5, 0.6) is 11.6 Å². The molecule has 1 N–H and O–H groups in total. The summed E-state index contributed by atoms with van der Waals surface area (Å²) in [5, 5.41) is 6.30. The van der Waals surface area contributed by atoms with Crippen LogP contribution >= 0.6 is 11.3 Å². The third kappa shape index (κ3) is 4.41. The maximum absolute atomic E-state index is 6.20. The molecular weight excluding hydrogens is 342 g/mol. The van der Waals surface area contributed by atoms with Crippen LogP contribution in [0.25, 0.3) is 0 Å². The van der Waals surface area contributed by atoms with Gasteiger partial charge in [-0.15, -0.1) is 11.3 Å². The minimum absolute atomic E-state index is 0.0106. The van der Waals surface area contributed by atoms with Crippen LogP contribution in [0.4, 0.5) is 10.8 Å². The molecule has 0 aliphatic heterocycles. The lowest BCUT2D eigenvalue weighted by Crippen LogP contribution is -2.12. The summed E-state index contributed by atoms with van der Waals surface area (Å²) in [4.78, 5) is 9.05. The van der Waals surface area contributed by atoms with Gasteiger partial charge >= 0.3 is 0 Å². The van der Waals surface area contributed by atoms with Gasteiger partial charge in [-0.1, -0.05) is 52.3 Å². The van der Waals surface area contributed by atoms with E-state index in [4.69, 9.17) is 4.74 Å². The van der Waals surface area contributed by atoms with Crippen LogP contribution in [0.2, 0.25) is 0 Å². The Kier molecular flexibility index (Phi) is 5.57. The van der Waals surface area contributed by atoms with Crippen molar-refractivity contribution in [2.45, 2.75) is 46.0 Å². The molecule has 0 amide bonds. The molecule has 26 heavy (non-hydrogen) atoms. The Morgan fingerprint density at radius 2 is 1.92 bits per heavy atom. The number of nitrogens with one attached hydrogen (secondary N) is 1. The van der Waals surface area contributed by atoms with E-state index in [9.17, 15) is 0 Å². The summed E-state index contributed by atoms with van der Waals surface area (Å²) in [6.07, 6.45) is 3.83. The highest BCUT2D eigenvalue weighted by Crippen LogP contribution is 2.36. The summed E-state index contributed by atoms with van der Waals surface area (Å²) >= 11 is 1.60. The highest BCUT2D eigenvalue weighted by Gasteiger charge is 2.20. The van der Waals surface area contributed by atoms with Crippen molar-refractivity contribution in [2.75, 3.05) is 5.32 Å². The van der Waals surface area contributed by atoms with Crippen LogP contribution in [0, 0.1) is 0 Å². The maximum Gasteiger partial charge on any atom is 0.243 e. The number of thiazole rings is 1. The molecule has 0 unspecified atom stereocenters. The molecule has 0 aliphatic carbocycles. The lowest BCUT2D eigenvalue weighted by Gasteiger charge is -2.22. The van der Waals surface area contributed by atoms with Crippen molar-refractivity contribution in [3.8, 4) is 11.6 Å². The SMILES string of the molecule is CCCc1csc(Nc2cccnc2Oc2ccccc2C(C)(C)C)n1. The summed E-state index contributed by atoms with van der Waals surface area (Å²) in [6.45, 7) is 8.69. The first-order valence-electron chi connectivity index (χ1n) is 8.91. The van der Waals surface area contributed by atoms with Gasteiger partial charge < -0.3 is 10.1 Å². The van der Waals surface area contributed by atoms with E-state index in [0.717, 1.165) is 40.7 Å². The molecule has 2 aromatic heterocycles. The molecule has 3 aromatic rings. The van der Waals surface area contributed by atoms with Crippen LogP contribution in [0.3, 0.4) is 0 Å². The second kappa shape index (κ2) is 7.87. The number of para-hydroxylation sites is 1. The molecule has 0 aliphatic rings. The van der Waals surface area contributed by atoms with Crippen molar-refractivity contribution < 1.29 is 4.74 Å². The highest BCUT2D eigenvalue weighted by atomic mass is 32.1. The lowest BCUT2D eigenvalue weighted by molar-refractivity contribution is 0.442. The zero-order chi connectivity index (χ0) is 18.6. The monoisotopic (exact) mass is 367 g/mol. The summed E-state index contributed by atoms with van der Waals surface area (Å²) in [5.41, 5.74) is 3.07. The van der Waals surface area contributed by atoms with Crippen molar-refractivity contribution in [3.63, 3.8) is 0 Å². The molecule has 1 aromatic carbocycles. The third-order valence-electron chi connectivity index (χ3n) is 3.97. The van der Waals surface area contributed by atoms with Gasteiger partial charge in [0, 0.05) is 17.1 Å². The van der Waals surface area contributed by atoms with Gasteiger partial charge in [0.05, 0.1) is 5.69 Å². The van der Waals surface area contributed by atoms with E-state index < -0.39 is 0 Å². The van der Waals surface area contributed by atoms with E-state index in [2.05, 4.69) is 54.4 Å². The smallest absolute Gasteiger partial charge is 0.243 e. The zero-order valence-electron chi connectivity index (χ0n) is 15.7. The second-order valence-electron chi connectivity index (χ2n) is 7.22. The van der Waals surface area contributed by atoms with Crippen molar-refractivity contribution in [1.29, 1.82) is 0 Å².